The third-order valence-corrected chi connectivity index (χ3v) is 2.79. The average molecular weight is 330 g/mol. The Labute approximate surface area is 140 Å². The molecule has 6 nitrogen and oxygen atoms in total. The number of nitriles is 2. The molecule has 0 aliphatic carbocycles. The summed E-state index contributed by atoms with van der Waals surface area (Å²) in [6, 6.07) is 11.4. The Bertz CT molecular complexity index is 614. The van der Waals surface area contributed by atoms with Gasteiger partial charge in [0.15, 0.2) is 0 Å². The van der Waals surface area contributed by atoms with E-state index in [2.05, 4.69) is 23.2 Å². The van der Waals surface area contributed by atoms with E-state index in [4.69, 9.17) is 32.7 Å². The number of ether oxygens (including phenoxy) is 1. The van der Waals surface area contributed by atoms with Crippen LogP contribution < -0.4 is 10.6 Å². The SMILES string of the molecule is C#N.C#N.NN=Cc1ccc(OCCc2ccc(Cl)cc2)nc1. The van der Waals surface area contributed by atoms with E-state index in [0.717, 1.165) is 17.0 Å². The Kier molecular flexibility index (Phi) is 10.9. The zero-order valence-corrected chi connectivity index (χ0v) is 13.1. The predicted molar refractivity (Wildman–Crippen MR) is 90.0 cm³/mol. The molecule has 2 aromatic rings. The molecule has 0 saturated heterocycles. The van der Waals surface area contributed by atoms with Crippen LogP contribution in [0.5, 0.6) is 5.88 Å². The second-order valence-corrected chi connectivity index (χ2v) is 4.37. The number of halogens is 1. The predicted octanol–water partition coefficient (Wildman–Crippen LogP) is 2.93. The molecule has 0 radical (unpaired) electrons. The minimum absolute atomic E-state index is 0.568. The lowest BCUT2D eigenvalue weighted by atomic mass is 10.2. The fourth-order valence-corrected chi connectivity index (χ4v) is 1.69. The lowest BCUT2D eigenvalue weighted by Crippen LogP contribution is -2.02. The van der Waals surface area contributed by atoms with Crippen LogP contribution in [0.1, 0.15) is 11.1 Å². The van der Waals surface area contributed by atoms with Crippen LogP contribution in [0.4, 0.5) is 0 Å². The summed E-state index contributed by atoms with van der Waals surface area (Å²) in [7, 11) is 0. The molecule has 0 spiro atoms. The molecule has 2 N–H and O–H groups in total. The van der Waals surface area contributed by atoms with Gasteiger partial charge in [-0.2, -0.15) is 5.10 Å². The zero-order valence-electron chi connectivity index (χ0n) is 12.3. The van der Waals surface area contributed by atoms with Gasteiger partial charge >= 0.3 is 0 Å². The fraction of sp³-hybridized carbons (Fsp3) is 0.125. The molecule has 0 bridgehead atoms. The Morgan fingerprint density at radius 2 is 1.78 bits per heavy atom. The second-order valence-electron chi connectivity index (χ2n) is 3.93. The molecule has 0 fully saturated rings. The number of hydrazone groups is 1. The van der Waals surface area contributed by atoms with Gasteiger partial charge in [-0.05, 0) is 23.8 Å². The Balaban J connectivity index is 0.00000112. The molecule has 1 aromatic carbocycles. The van der Waals surface area contributed by atoms with E-state index in [1.165, 1.54) is 11.8 Å². The summed E-state index contributed by atoms with van der Waals surface area (Å²) in [5, 5.41) is 17.2. The molecule has 2 rings (SSSR count). The lowest BCUT2D eigenvalue weighted by Gasteiger charge is -2.05. The maximum absolute atomic E-state index is 6.50. The second kappa shape index (κ2) is 12.6. The number of nitrogens with two attached hydrogens (primary N) is 1. The number of rotatable bonds is 5. The molecule has 1 aromatic heterocycles. The summed E-state index contributed by atoms with van der Waals surface area (Å²) in [5.74, 6) is 5.64. The number of hydrogen-bond acceptors (Lipinski definition) is 6. The van der Waals surface area contributed by atoms with Gasteiger partial charge in [-0.15, -0.1) is 0 Å². The molecule has 23 heavy (non-hydrogen) atoms. The highest BCUT2D eigenvalue weighted by Crippen LogP contribution is 2.11. The van der Waals surface area contributed by atoms with Crippen LogP contribution in [0, 0.1) is 23.7 Å². The number of benzene rings is 1. The van der Waals surface area contributed by atoms with Crippen LogP contribution in [0.2, 0.25) is 5.02 Å². The largest absolute Gasteiger partial charge is 0.477 e. The van der Waals surface area contributed by atoms with Crippen LogP contribution in [0.3, 0.4) is 0 Å². The highest BCUT2D eigenvalue weighted by Gasteiger charge is 1.97. The molecule has 0 atom stereocenters. The van der Waals surface area contributed by atoms with Crippen LogP contribution in [0.15, 0.2) is 47.7 Å². The van der Waals surface area contributed by atoms with E-state index >= 15 is 0 Å². The van der Waals surface area contributed by atoms with E-state index in [1.54, 1.807) is 12.3 Å². The van der Waals surface area contributed by atoms with E-state index < -0.39 is 0 Å². The van der Waals surface area contributed by atoms with Gasteiger partial charge in [0.25, 0.3) is 0 Å². The standard InChI is InChI=1S/C14H14ClN3O.2CHN/c15-13-4-1-11(2-5-13)7-8-19-14-6-3-12(9-17-14)10-18-16;2*1-2/h1-6,9-10H,7-8,16H2;2*1H. The van der Waals surface area contributed by atoms with Crippen LogP contribution >= 0.6 is 11.6 Å². The van der Waals surface area contributed by atoms with E-state index in [0.29, 0.717) is 12.5 Å². The molecular formula is C16H16ClN5O. The Morgan fingerprint density at radius 1 is 1.13 bits per heavy atom. The van der Waals surface area contributed by atoms with Gasteiger partial charge in [0.05, 0.1) is 12.8 Å². The third-order valence-electron chi connectivity index (χ3n) is 2.54. The van der Waals surface area contributed by atoms with Crippen LogP contribution in [-0.2, 0) is 6.42 Å². The number of hydrogen-bond donors (Lipinski definition) is 1. The highest BCUT2D eigenvalue weighted by molar-refractivity contribution is 6.30. The molecule has 7 heteroatoms. The smallest absolute Gasteiger partial charge is 0.213 e. The van der Waals surface area contributed by atoms with Crippen molar-refractivity contribution >= 4 is 17.8 Å². The van der Waals surface area contributed by atoms with Gasteiger partial charge in [-0.1, -0.05) is 23.7 Å². The monoisotopic (exact) mass is 329 g/mol. The first kappa shape index (κ1) is 19.9. The quantitative estimate of drug-likeness (QED) is 0.515. The number of aromatic nitrogens is 1. The van der Waals surface area contributed by atoms with Gasteiger partial charge in [0.1, 0.15) is 0 Å². The van der Waals surface area contributed by atoms with Crippen molar-refractivity contribution in [2.75, 3.05) is 6.61 Å². The van der Waals surface area contributed by atoms with Crippen molar-refractivity contribution in [1.82, 2.24) is 4.98 Å². The van der Waals surface area contributed by atoms with Crippen molar-refractivity contribution in [2.24, 2.45) is 10.9 Å². The molecule has 0 unspecified atom stereocenters. The fourth-order valence-electron chi connectivity index (χ4n) is 1.56. The van der Waals surface area contributed by atoms with Crippen LogP contribution in [-0.4, -0.2) is 17.8 Å². The summed E-state index contributed by atoms with van der Waals surface area (Å²) < 4.78 is 5.55. The Hall–Kier alpha value is -3.09. The van der Waals surface area contributed by atoms with Crippen LogP contribution in [0.25, 0.3) is 0 Å². The first-order valence-electron chi connectivity index (χ1n) is 6.36. The van der Waals surface area contributed by atoms with E-state index in [9.17, 15) is 0 Å². The first-order valence-corrected chi connectivity index (χ1v) is 6.74. The van der Waals surface area contributed by atoms with Gasteiger partial charge in [0.2, 0.25) is 5.88 Å². The molecule has 0 saturated carbocycles. The van der Waals surface area contributed by atoms with Gasteiger partial charge in [0, 0.05) is 42.4 Å². The molecule has 0 amide bonds. The highest BCUT2D eigenvalue weighted by atomic mass is 35.5. The summed E-state index contributed by atoms with van der Waals surface area (Å²) in [6.07, 6.45) is 4.00. The normalized spacial score (nSPS) is 9.09. The molecule has 0 aliphatic heterocycles. The maximum Gasteiger partial charge on any atom is 0.213 e. The van der Waals surface area contributed by atoms with Gasteiger partial charge < -0.3 is 10.6 Å². The van der Waals surface area contributed by atoms with Crippen molar-refractivity contribution in [3.8, 4) is 19.0 Å². The van der Waals surface area contributed by atoms with Gasteiger partial charge in [-0.3, -0.25) is 0 Å². The summed E-state index contributed by atoms with van der Waals surface area (Å²) in [6.45, 7) is 7.57. The van der Waals surface area contributed by atoms with Crippen molar-refractivity contribution in [3.05, 3.63) is 58.7 Å². The average Bonchev–Trinajstić information content (AvgIpc) is 2.62. The maximum atomic E-state index is 6.50. The van der Waals surface area contributed by atoms with E-state index in [1.807, 2.05) is 30.3 Å². The number of nitrogens with zero attached hydrogens (tertiary/aromatic N) is 4. The summed E-state index contributed by atoms with van der Waals surface area (Å²) in [5.41, 5.74) is 2.02. The van der Waals surface area contributed by atoms with Crippen molar-refractivity contribution in [3.63, 3.8) is 0 Å². The molecule has 1 heterocycles. The minimum Gasteiger partial charge on any atom is -0.477 e. The minimum atomic E-state index is 0.568. The van der Waals surface area contributed by atoms with Crippen molar-refractivity contribution in [1.29, 1.82) is 10.5 Å². The topological polar surface area (TPSA) is 108 Å². The number of pyridine rings is 1. The van der Waals surface area contributed by atoms with Crippen molar-refractivity contribution in [2.45, 2.75) is 6.42 Å². The lowest BCUT2D eigenvalue weighted by molar-refractivity contribution is 0.309. The molecular weight excluding hydrogens is 314 g/mol. The third kappa shape index (κ3) is 8.05. The van der Waals surface area contributed by atoms with E-state index in [-0.39, 0.29) is 0 Å². The Morgan fingerprint density at radius 3 is 2.30 bits per heavy atom. The van der Waals surface area contributed by atoms with Gasteiger partial charge in [-0.25, -0.2) is 15.5 Å². The summed E-state index contributed by atoms with van der Waals surface area (Å²) >= 11 is 5.82. The first-order chi connectivity index (χ1) is 11.3. The summed E-state index contributed by atoms with van der Waals surface area (Å²) in [4.78, 5) is 4.15. The zero-order chi connectivity index (χ0) is 17.5. The molecule has 118 valence electrons. The van der Waals surface area contributed by atoms with Crippen molar-refractivity contribution < 1.29 is 4.74 Å². The molecule has 0 aliphatic rings.